The van der Waals surface area contributed by atoms with Gasteiger partial charge in [-0.15, -0.1) is 0 Å². The van der Waals surface area contributed by atoms with Gasteiger partial charge in [-0.05, 0) is 12.1 Å². The van der Waals surface area contributed by atoms with Gasteiger partial charge >= 0.3 is 13.4 Å². The van der Waals surface area contributed by atoms with Crippen LogP contribution in [0.2, 0.25) is 0 Å². The van der Waals surface area contributed by atoms with Gasteiger partial charge in [0.15, 0.2) is 5.82 Å². The summed E-state index contributed by atoms with van der Waals surface area (Å²) in [6, 6.07) is 3.66. The van der Waals surface area contributed by atoms with Crippen molar-refractivity contribution in [3.8, 4) is 11.9 Å². The molecule has 7 heteroatoms. The lowest BCUT2D eigenvalue weighted by Gasteiger charge is -1.95. The molecule has 0 bridgehead atoms. The van der Waals surface area contributed by atoms with Gasteiger partial charge in [0.1, 0.15) is 6.26 Å². The highest BCUT2D eigenvalue weighted by atomic mass is 16.7. The van der Waals surface area contributed by atoms with E-state index in [1.807, 2.05) is 12.1 Å². The van der Waals surface area contributed by atoms with Crippen molar-refractivity contribution in [2.24, 2.45) is 0 Å². The maximum absolute atomic E-state index is 8.47. The van der Waals surface area contributed by atoms with Gasteiger partial charge in [0.25, 0.3) is 0 Å². The Bertz CT molecular complexity index is 397. The third kappa shape index (κ3) is 1.78. The first kappa shape index (κ1) is 8.85. The Kier molecular flexibility index (Phi) is 2.25. The molecular weight excluding hydrogens is 187 g/mol. The van der Waals surface area contributed by atoms with Crippen molar-refractivity contribution < 1.29 is 19.1 Å². The Balaban J connectivity index is 2.18. The molecule has 2 N–H and O–H groups in total. The van der Waals surface area contributed by atoms with Gasteiger partial charge in [0, 0.05) is 12.4 Å². The van der Waals surface area contributed by atoms with E-state index < -0.39 is 7.32 Å². The molecule has 0 aliphatic rings. The molecule has 2 aromatic rings. The third-order valence-corrected chi connectivity index (χ3v) is 1.55. The van der Waals surface area contributed by atoms with Gasteiger partial charge in [0.05, 0.1) is 0 Å². The van der Waals surface area contributed by atoms with Gasteiger partial charge < -0.3 is 23.7 Å². The SMILES string of the molecule is OB(O)Oc1nc(-n2cccc2)co1. The molecule has 2 rings (SSSR count). The Morgan fingerprint density at radius 2 is 2.07 bits per heavy atom. The standard InChI is InChI=1S/C7H7BN2O4/c11-8(12)14-7-9-6(5-13-7)10-3-1-2-4-10/h1-5,11-12H. The lowest BCUT2D eigenvalue weighted by atomic mass is 10.3. The molecule has 72 valence electrons. The average molecular weight is 194 g/mol. The second-order valence-electron chi connectivity index (χ2n) is 2.51. The maximum Gasteiger partial charge on any atom is 0.710 e. The first-order chi connectivity index (χ1) is 6.75. The van der Waals surface area contributed by atoms with Crippen LogP contribution >= 0.6 is 0 Å². The lowest BCUT2D eigenvalue weighted by molar-refractivity contribution is 0.245. The van der Waals surface area contributed by atoms with Gasteiger partial charge in [0.2, 0.25) is 0 Å². The van der Waals surface area contributed by atoms with E-state index in [1.165, 1.54) is 6.26 Å². The van der Waals surface area contributed by atoms with E-state index in [0.29, 0.717) is 5.82 Å². The van der Waals surface area contributed by atoms with E-state index in [0.717, 1.165) is 0 Å². The number of oxazole rings is 1. The molecule has 0 aromatic carbocycles. The number of nitrogens with zero attached hydrogens (tertiary/aromatic N) is 2. The normalized spacial score (nSPS) is 10.1. The van der Waals surface area contributed by atoms with Crippen molar-refractivity contribution >= 4 is 7.32 Å². The molecule has 14 heavy (non-hydrogen) atoms. The van der Waals surface area contributed by atoms with Crippen molar-refractivity contribution in [1.29, 1.82) is 0 Å². The molecule has 6 nitrogen and oxygen atoms in total. The van der Waals surface area contributed by atoms with Crippen LogP contribution in [-0.4, -0.2) is 26.9 Å². The summed E-state index contributed by atoms with van der Waals surface area (Å²) in [7, 11) is -1.92. The molecule has 0 spiro atoms. The van der Waals surface area contributed by atoms with Crippen LogP contribution in [0.15, 0.2) is 35.2 Å². The summed E-state index contributed by atoms with van der Waals surface area (Å²) in [6.07, 6.45) is 4.70. The highest BCUT2D eigenvalue weighted by Crippen LogP contribution is 2.13. The molecule has 0 saturated heterocycles. The molecule has 0 aliphatic carbocycles. The van der Waals surface area contributed by atoms with E-state index in [2.05, 4.69) is 9.64 Å². The van der Waals surface area contributed by atoms with Crippen LogP contribution in [0.5, 0.6) is 6.08 Å². The summed E-state index contributed by atoms with van der Waals surface area (Å²) < 4.78 is 10.9. The molecule has 2 heterocycles. The summed E-state index contributed by atoms with van der Waals surface area (Å²) in [5.74, 6) is 0.505. The van der Waals surface area contributed by atoms with Crippen molar-refractivity contribution in [2.45, 2.75) is 0 Å². The van der Waals surface area contributed by atoms with Crippen LogP contribution in [-0.2, 0) is 0 Å². The van der Waals surface area contributed by atoms with E-state index >= 15 is 0 Å². The van der Waals surface area contributed by atoms with Gasteiger partial charge in [-0.25, -0.2) is 0 Å². The predicted molar refractivity (Wildman–Crippen MR) is 46.6 cm³/mol. The lowest BCUT2D eigenvalue weighted by Crippen LogP contribution is -2.20. The van der Waals surface area contributed by atoms with Crippen molar-refractivity contribution in [3.05, 3.63) is 30.8 Å². The minimum atomic E-state index is -1.92. The zero-order valence-electron chi connectivity index (χ0n) is 7.07. The molecular formula is C7H7BN2O4. The Morgan fingerprint density at radius 3 is 2.71 bits per heavy atom. The Hall–Kier alpha value is -1.73. The van der Waals surface area contributed by atoms with Gasteiger partial charge in [-0.2, -0.15) is 4.98 Å². The summed E-state index contributed by atoms with van der Waals surface area (Å²) >= 11 is 0. The minimum absolute atomic E-state index is 0.191. The van der Waals surface area contributed by atoms with E-state index in [1.54, 1.807) is 17.0 Å². The van der Waals surface area contributed by atoms with Crippen molar-refractivity contribution in [1.82, 2.24) is 9.55 Å². The van der Waals surface area contributed by atoms with E-state index in [4.69, 9.17) is 14.5 Å². The van der Waals surface area contributed by atoms with Gasteiger partial charge in [-0.1, -0.05) is 0 Å². The number of hydrogen-bond acceptors (Lipinski definition) is 5. The first-order valence-corrected chi connectivity index (χ1v) is 3.87. The summed E-state index contributed by atoms with van der Waals surface area (Å²) in [4.78, 5) is 3.85. The molecule has 0 radical (unpaired) electrons. The molecule has 0 amide bonds. The topological polar surface area (TPSA) is 80.6 Å². The quantitative estimate of drug-likeness (QED) is 0.662. The molecule has 0 atom stereocenters. The predicted octanol–water partition coefficient (Wildman–Crippen LogP) is -0.186. The van der Waals surface area contributed by atoms with Crippen LogP contribution < -0.4 is 4.65 Å². The molecule has 2 aromatic heterocycles. The molecule has 0 saturated carbocycles. The van der Waals surface area contributed by atoms with Crippen LogP contribution in [0, 0.1) is 0 Å². The summed E-state index contributed by atoms with van der Waals surface area (Å²) in [5.41, 5.74) is 0. The Morgan fingerprint density at radius 1 is 1.36 bits per heavy atom. The molecule has 0 aliphatic heterocycles. The fourth-order valence-electron chi connectivity index (χ4n) is 0.999. The van der Waals surface area contributed by atoms with Crippen molar-refractivity contribution in [3.63, 3.8) is 0 Å². The zero-order chi connectivity index (χ0) is 9.97. The van der Waals surface area contributed by atoms with Gasteiger partial charge in [-0.3, -0.25) is 0 Å². The second kappa shape index (κ2) is 3.56. The summed E-state index contributed by atoms with van der Waals surface area (Å²) in [5, 5.41) is 16.9. The zero-order valence-corrected chi connectivity index (χ0v) is 7.07. The molecule has 0 unspecified atom stereocenters. The van der Waals surface area contributed by atoms with Crippen LogP contribution in [0.4, 0.5) is 0 Å². The average Bonchev–Trinajstić information content (AvgIpc) is 2.69. The van der Waals surface area contributed by atoms with E-state index in [9.17, 15) is 0 Å². The number of aromatic nitrogens is 2. The fraction of sp³-hybridized carbons (Fsp3) is 0. The summed E-state index contributed by atoms with van der Waals surface area (Å²) in [6.45, 7) is 0. The smallest absolute Gasteiger partial charge is 0.469 e. The second-order valence-corrected chi connectivity index (χ2v) is 2.51. The maximum atomic E-state index is 8.47. The fourth-order valence-corrected chi connectivity index (χ4v) is 0.999. The number of hydrogen-bond donors (Lipinski definition) is 2. The minimum Gasteiger partial charge on any atom is -0.469 e. The highest BCUT2D eigenvalue weighted by molar-refractivity contribution is 6.33. The Labute approximate surface area is 79.6 Å². The van der Waals surface area contributed by atoms with E-state index in [-0.39, 0.29) is 6.08 Å². The van der Waals surface area contributed by atoms with Crippen LogP contribution in [0.1, 0.15) is 0 Å². The van der Waals surface area contributed by atoms with Crippen LogP contribution in [0.25, 0.3) is 5.82 Å². The van der Waals surface area contributed by atoms with Crippen LogP contribution in [0.3, 0.4) is 0 Å². The third-order valence-electron chi connectivity index (χ3n) is 1.55. The largest absolute Gasteiger partial charge is 0.710 e. The first-order valence-electron chi connectivity index (χ1n) is 3.87. The number of rotatable bonds is 3. The van der Waals surface area contributed by atoms with Crippen molar-refractivity contribution in [2.75, 3.05) is 0 Å². The molecule has 0 fully saturated rings. The highest BCUT2D eigenvalue weighted by Gasteiger charge is 2.15. The monoisotopic (exact) mass is 194 g/mol.